The quantitative estimate of drug-likeness (QED) is 0.669. The van der Waals surface area contributed by atoms with Crippen LogP contribution >= 0.6 is 0 Å². The molecule has 2 heterocycles. The first kappa shape index (κ1) is 21.9. The van der Waals surface area contributed by atoms with Gasteiger partial charge in [-0.25, -0.2) is 4.79 Å². The Bertz CT molecular complexity index is 902. The Morgan fingerprint density at radius 2 is 1.74 bits per heavy atom. The number of benzene rings is 1. The van der Waals surface area contributed by atoms with E-state index in [1.807, 2.05) is 52.0 Å². The van der Waals surface area contributed by atoms with Crippen LogP contribution in [0.25, 0.3) is 11.1 Å². The number of hydrogen-bond acceptors (Lipinski definition) is 6. The summed E-state index contributed by atoms with van der Waals surface area (Å²) in [6.45, 7) is 8.22. The maximum Gasteiger partial charge on any atom is 0.494 e. The lowest BCUT2D eigenvalue weighted by Gasteiger charge is -2.32. The van der Waals surface area contributed by atoms with Gasteiger partial charge in [0.1, 0.15) is 18.6 Å². The number of ether oxygens (including phenoxy) is 1. The van der Waals surface area contributed by atoms with Crippen LogP contribution in [0.2, 0.25) is 0 Å². The van der Waals surface area contributed by atoms with Crippen LogP contribution in [-0.4, -0.2) is 47.6 Å². The highest BCUT2D eigenvalue weighted by molar-refractivity contribution is 6.62. The zero-order valence-electron chi connectivity index (χ0n) is 19.0. The van der Waals surface area contributed by atoms with Gasteiger partial charge in [-0.1, -0.05) is 42.3 Å². The fourth-order valence-electron chi connectivity index (χ4n) is 4.07. The summed E-state index contributed by atoms with van der Waals surface area (Å²) in [7, 11) is 1.39. The van der Waals surface area contributed by atoms with E-state index < -0.39 is 7.12 Å². The van der Waals surface area contributed by atoms with Crippen LogP contribution in [0.5, 0.6) is 0 Å². The van der Waals surface area contributed by atoms with Gasteiger partial charge in [-0.2, -0.15) is 0 Å². The van der Waals surface area contributed by atoms with E-state index in [4.69, 9.17) is 18.6 Å². The molecule has 166 valence electrons. The maximum absolute atomic E-state index is 12.4. The molecule has 1 amide bonds. The van der Waals surface area contributed by atoms with E-state index in [0.717, 1.165) is 42.3 Å². The van der Waals surface area contributed by atoms with Gasteiger partial charge in [0, 0.05) is 18.7 Å². The summed E-state index contributed by atoms with van der Waals surface area (Å²) < 4.78 is 22.9. The smallest absolute Gasteiger partial charge is 0.443 e. The van der Waals surface area contributed by atoms with Gasteiger partial charge in [0.2, 0.25) is 0 Å². The molecule has 2 aromatic rings. The summed E-state index contributed by atoms with van der Waals surface area (Å²) in [5.74, 6) is 0. The fourth-order valence-corrected chi connectivity index (χ4v) is 4.07. The molecule has 1 aromatic carbocycles. The summed E-state index contributed by atoms with van der Waals surface area (Å²) in [4.78, 5) is 14.1. The van der Waals surface area contributed by atoms with Crippen molar-refractivity contribution in [1.29, 1.82) is 0 Å². The van der Waals surface area contributed by atoms with Crippen molar-refractivity contribution in [2.45, 2.75) is 77.2 Å². The monoisotopic (exact) mass is 426 g/mol. The molecule has 1 aliphatic carbocycles. The second-order valence-electron chi connectivity index (χ2n) is 9.49. The van der Waals surface area contributed by atoms with Crippen molar-refractivity contribution in [2.24, 2.45) is 0 Å². The molecular weight excluding hydrogens is 395 g/mol. The molecule has 8 heteroatoms. The molecule has 0 bridgehead atoms. The predicted molar refractivity (Wildman–Crippen MR) is 118 cm³/mol. The van der Waals surface area contributed by atoms with Crippen LogP contribution in [-0.2, 0) is 20.7 Å². The van der Waals surface area contributed by atoms with Gasteiger partial charge >= 0.3 is 13.2 Å². The summed E-state index contributed by atoms with van der Waals surface area (Å²) in [6, 6.07) is 8.18. The van der Waals surface area contributed by atoms with Crippen molar-refractivity contribution in [2.75, 3.05) is 7.05 Å². The lowest BCUT2D eigenvalue weighted by Crippen LogP contribution is -2.41. The lowest BCUT2D eigenvalue weighted by molar-refractivity contribution is 0.00578. The second-order valence-corrected chi connectivity index (χ2v) is 9.49. The van der Waals surface area contributed by atoms with Gasteiger partial charge in [0.05, 0.1) is 11.2 Å². The van der Waals surface area contributed by atoms with Crippen molar-refractivity contribution >= 4 is 18.7 Å². The average Bonchev–Trinajstić information content (AvgIpc) is 3.46. The lowest BCUT2D eigenvalue weighted by atomic mass is 9.78. The number of aromatic nitrogens is 1. The molecule has 2 aliphatic rings. The third kappa shape index (κ3) is 4.37. The molecule has 0 unspecified atom stereocenters. The number of nitrogens with zero attached hydrogens (tertiary/aromatic N) is 2. The Morgan fingerprint density at radius 3 is 2.35 bits per heavy atom. The van der Waals surface area contributed by atoms with Gasteiger partial charge in [-0.05, 0) is 51.6 Å². The Hall–Kier alpha value is -2.32. The highest BCUT2D eigenvalue weighted by atomic mass is 16.7. The van der Waals surface area contributed by atoms with Crippen molar-refractivity contribution in [3.8, 4) is 11.1 Å². The van der Waals surface area contributed by atoms with Crippen LogP contribution in [0.3, 0.4) is 0 Å². The highest BCUT2D eigenvalue weighted by Crippen LogP contribution is 2.36. The molecule has 1 saturated carbocycles. The Labute approximate surface area is 184 Å². The van der Waals surface area contributed by atoms with Gasteiger partial charge in [0.25, 0.3) is 0 Å². The molecule has 0 radical (unpaired) electrons. The summed E-state index contributed by atoms with van der Waals surface area (Å²) in [5.41, 5.74) is 2.51. The van der Waals surface area contributed by atoms with E-state index in [1.54, 1.807) is 18.2 Å². The number of carbonyl (C=O) groups excluding carboxylic acids is 1. The Kier molecular flexibility index (Phi) is 5.88. The minimum atomic E-state index is -0.409. The van der Waals surface area contributed by atoms with Crippen molar-refractivity contribution in [3.05, 3.63) is 36.2 Å². The van der Waals surface area contributed by atoms with Crippen molar-refractivity contribution < 1.29 is 23.4 Å². The molecule has 7 nitrogen and oxygen atoms in total. The first-order valence-corrected chi connectivity index (χ1v) is 11.0. The van der Waals surface area contributed by atoms with Crippen LogP contribution in [0.15, 0.2) is 35.1 Å². The first-order valence-electron chi connectivity index (χ1n) is 11.0. The molecule has 31 heavy (non-hydrogen) atoms. The van der Waals surface area contributed by atoms with E-state index in [-0.39, 0.29) is 29.9 Å². The summed E-state index contributed by atoms with van der Waals surface area (Å²) in [5, 5.41) is 4.04. The fraction of sp³-hybridized carbons (Fsp3) is 0.565. The largest absolute Gasteiger partial charge is 0.494 e. The molecule has 0 atom stereocenters. The molecule has 1 aliphatic heterocycles. The number of rotatable bonds is 5. The summed E-state index contributed by atoms with van der Waals surface area (Å²) >= 11 is 0. The SMILES string of the molecule is CN(C(=O)OCc1nocc1-c1ccc(B2OC(C)(C)C(C)(C)O2)cc1)C1CCCC1. The van der Waals surface area contributed by atoms with Crippen LogP contribution in [0.4, 0.5) is 4.79 Å². The van der Waals surface area contributed by atoms with Gasteiger partial charge in [-0.15, -0.1) is 0 Å². The molecule has 0 spiro atoms. The van der Waals surface area contributed by atoms with Gasteiger partial charge in [-0.3, -0.25) is 0 Å². The molecule has 1 saturated heterocycles. The zero-order valence-corrected chi connectivity index (χ0v) is 19.0. The topological polar surface area (TPSA) is 74.0 Å². The minimum Gasteiger partial charge on any atom is -0.443 e. The Balaban J connectivity index is 1.41. The molecule has 0 N–H and O–H groups in total. The number of carbonyl (C=O) groups is 1. The van der Waals surface area contributed by atoms with Crippen LogP contribution in [0, 0.1) is 0 Å². The standard InChI is InChI=1S/C23H31BN2O5/c1-22(2)23(3,4)31-24(30-22)17-12-10-16(11-13-17)19-14-29-25-20(19)15-28-21(27)26(5)18-8-6-7-9-18/h10-14,18H,6-9,15H2,1-5H3. The van der Waals surface area contributed by atoms with E-state index >= 15 is 0 Å². The van der Waals surface area contributed by atoms with Gasteiger partial charge < -0.3 is 23.5 Å². The number of amides is 1. The average molecular weight is 426 g/mol. The molecular formula is C23H31BN2O5. The Morgan fingerprint density at radius 1 is 1.13 bits per heavy atom. The van der Waals surface area contributed by atoms with Crippen LogP contribution in [0.1, 0.15) is 59.1 Å². The van der Waals surface area contributed by atoms with Crippen LogP contribution < -0.4 is 5.46 Å². The van der Waals surface area contributed by atoms with E-state index in [0.29, 0.717) is 5.69 Å². The third-order valence-electron chi connectivity index (χ3n) is 6.88. The highest BCUT2D eigenvalue weighted by Gasteiger charge is 2.51. The second kappa shape index (κ2) is 8.32. The predicted octanol–water partition coefficient (Wildman–Crippen LogP) is 4.15. The number of hydrogen-bond donors (Lipinski definition) is 0. The minimum absolute atomic E-state index is 0.0701. The normalized spacial score (nSPS) is 20.2. The molecule has 2 fully saturated rings. The van der Waals surface area contributed by atoms with E-state index in [2.05, 4.69) is 5.16 Å². The molecule has 4 rings (SSSR count). The maximum atomic E-state index is 12.4. The van der Waals surface area contributed by atoms with E-state index in [9.17, 15) is 4.79 Å². The first-order chi connectivity index (χ1) is 14.7. The zero-order chi connectivity index (χ0) is 22.2. The third-order valence-corrected chi connectivity index (χ3v) is 6.88. The van der Waals surface area contributed by atoms with Crippen molar-refractivity contribution in [1.82, 2.24) is 10.1 Å². The van der Waals surface area contributed by atoms with Crippen molar-refractivity contribution in [3.63, 3.8) is 0 Å². The summed E-state index contributed by atoms with van der Waals surface area (Å²) in [6.07, 6.45) is 5.66. The van der Waals surface area contributed by atoms with E-state index in [1.165, 1.54) is 0 Å². The molecule has 1 aromatic heterocycles. The van der Waals surface area contributed by atoms with Gasteiger partial charge in [0.15, 0.2) is 0 Å².